The smallest absolute Gasteiger partial charge is 0.262 e. The van der Waals surface area contributed by atoms with Crippen molar-refractivity contribution in [2.45, 2.75) is 16.8 Å². The Bertz CT molecular complexity index is 1030. The number of benzene rings is 1. The maximum Gasteiger partial charge on any atom is 0.262 e. The van der Waals surface area contributed by atoms with E-state index in [-0.39, 0.29) is 16.7 Å². The number of amides is 1. The van der Waals surface area contributed by atoms with Crippen molar-refractivity contribution in [2.75, 3.05) is 11.4 Å². The number of carbonyl (C=O) groups is 1. The van der Waals surface area contributed by atoms with Crippen LogP contribution >= 0.6 is 34.7 Å². The number of carbonyl (C=O) groups excluding carboxylic acids is 1. The number of para-hydroxylation sites is 1. The molecule has 25 heavy (non-hydrogen) atoms. The maximum atomic E-state index is 12.8. The predicted molar refractivity (Wildman–Crippen MR) is 103 cm³/mol. The summed E-state index contributed by atoms with van der Waals surface area (Å²) in [6.45, 7) is 0.607. The highest BCUT2D eigenvalue weighted by Gasteiger charge is 2.35. The van der Waals surface area contributed by atoms with Crippen LogP contribution in [0.25, 0.3) is 10.2 Å². The van der Waals surface area contributed by atoms with Gasteiger partial charge in [-0.25, -0.2) is 4.98 Å². The van der Waals surface area contributed by atoms with Gasteiger partial charge in [-0.1, -0.05) is 35.5 Å². The molecule has 0 saturated carbocycles. The second-order valence-electron chi connectivity index (χ2n) is 5.73. The second kappa shape index (κ2) is 6.48. The minimum Gasteiger partial charge on any atom is -0.310 e. The summed E-state index contributed by atoms with van der Waals surface area (Å²) in [4.78, 5) is 32.2. The van der Waals surface area contributed by atoms with Gasteiger partial charge in [-0.15, -0.1) is 11.3 Å². The van der Waals surface area contributed by atoms with Crippen molar-refractivity contribution in [1.82, 2.24) is 9.55 Å². The van der Waals surface area contributed by atoms with E-state index >= 15 is 0 Å². The van der Waals surface area contributed by atoms with Crippen LogP contribution in [0.3, 0.4) is 0 Å². The Balaban J connectivity index is 1.62. The van der Waals surface area contributed by atoms with Gasteiger partial charge >= 0.3 is 0 Å². The molecule has 5 nitrogen and oxygen atoms in total. The van der Waals surface area contributed by atoms with Crippen LogP contribution in [0.1, 0.15) is 6.42 Å². The van der Waals surface area contributed by atoms with Gasteiger partial charge in [0.1, 0.15) is 4.83 Å². The lowest BCUT2D eigenvalue weighted by atomic mass is 10.3. The molecule has 0 aliphatic carbocycles. The molecule has 0 spiro atoms. The Hall–Kier alpha value is -1.83. The van der Waals surface area contributed by atoms with Gasteiger partial charge in [0.05, 0.1) is 21.3 Å². The molecule has 8 heteroatoms. The van der Waals surface area contributed by atoms with Gasteiger partial charge in [-0.05, 0) is 30.0 Å². The van der Waals surface area contributed by atoms with E-state index in [1.165, 1.54) is 27.7 Å². The van der Waals surface area contributed by atoms with Gasteiger partial charge in [0.25, 0.3) is 5.56 Å². The monoisotopic (exact) mass is 391 g/mol. The molecule has 1 fully saturated rings. The Labute approximate surface area is 157 Å². The number of rotatable bonds is 3. The van der Waals surface area contributed by atoms with Crippen LogP contribution in [0.15, 0.2) is 45.7 Å². The van der Waals surface area contributed by atoms with Crippen molar-refractivity contribution in [2.24, 2.45) is 7.05 Å². The van der Waals surface area contributed by atoms with E-state index in [1.54, 1.807) is 24.1 Å². The quantitative estimate of drug-likeness (QED) is 0.641. The lowest BCUT2D eigenvalue weighted by Gasteiger charge is -2.18. The average Bonchev–Trinajstić information content (AvgIpc) is 3.21. The van der Waals surface area contributed by atoms with E-state index in [2.05, 4.69) is 4.98 Å². The van der Waals surface area contributed by atoms with Crippen molar-refractivity contribution in [3.05, 3.63) is 51.1 Å². The summed E-state index contributed by atoms with van der Waals surface area (Å²) in [6.07, 6.45) is 0.688. The summed E-state index contributed by atoms with van der Waals surface area (Å²) >= 11 is 9.00. The van der Waals surface area contributed by atoms with E-state index in [1.807, 2.05) is 23.6 Å². The van der Waals surface area contributed by atoms with Crippen LogP contribution < -0.4 is 10.5 Å². The number of fused-ring (bicyclic) bond motifs is 1. The number of thiophene rings is 1. The van der Waals surface area contributed by atoms with E-state index in [0.29, 0.717) is 33.4 Å². The lowest BCUT2D eigenvalue weighted by molar-refractivity contribution is -0.116. The van der Waals surface area contributed by atoms with Gasteiger partial charge in [0, 0.05) is 13.6 Å². The third kappa shape index (κ3) is 2.86. The number of aromatic nitrogens is 2. The van der Waals surface area contributed by atoms with Gasteiger partial charge in [-0.2, -0.15) is 0 Å². The normalized spacial score (nSPS) is 17.6. The zero-order valence-corrected chi connectivity index (χ0v) is 15.7. The van der Waals surface area contributed by atoms with Gasteiger partial charge in [0.15, 0.2) is 5.16 Å². The molecule has 128 valence electrons. The fourth-order valence-corrected chi connectivity index (χ4v) is 5.03. The number of thioether (sulfide) groups is 1. The van der Waals surface area contributed by atoms with Crippen molar-refractivity contribution >= 4 is 56.5 Å². The van der Waals surface area contributed by atoms with Crippen molar-refractivity contribution < 1.29 is 4.79 Å². The van der Waals surface area contributed by atoms with Crippen LogP contribution in [-0.4, -0.2) is 27.3 Å². The standard InChI is InChI=1S/C17H14ClN3O2S2/c1-20-15(22)10-7-9-24-14(10)19-17(20)25-13-6-8-21(16(13)23)12-5-3-2-4-11(12)18/h2-5,7,9,13H,6,8H2,1H3. The zero-order chi connectivity index (χ0) is 17.6. The third-order valence-electron chi connectivity index (χ3n) is 4.21. The molecule has 1 aliphatic rings. The number of halogens is 1. The number of hydrogen-bond donors (Lipinski definition) is 0. The molecular weight excluding hydrogens is 378 g/mol. The Kier molecular flexibility index (Phi) is 4.31. The van der Waals surface area contributed by atoms with Crippen LogP contribution in [0, 0.1) is 0 Å². The van der Waals surface area contributed by atoms with Crippen LogP contribution in [0.5, 0.6) is 0 Å². The molecule has 0 radical (unpaired) electrons. The summed E-state index contributed by atoms with van der Waals surface area (Å²) < 4.78 is 1.52. The van der Waals surface area contributed by atoms with Gasteiger partial charge in [0.2, 0.25) is 5.91 Å². The summed E-state index contributed by atoms with van der Waals surface area (Å²) in [5.41, 5.74) is 0.648. The first-order valence-electron chi connectivity index (χ1n) is 7.73. The molecule has 1 aromatic carbocycles. The molecule has 1 saturated heterocycles. The number of hydrogen-bond acceptors (Lipinski definition) is 5. The van der Waals surface area contributed by atoms with E-state index in [4.69, 9.17) is 11.6 Å². The molecule has 0 bridgehead atoms. The zero-order valence-electron chi connectivity index (χ0n) is 13.3. The summed E-state index contributed by atoms with van der Waals surface area (Å²) in [5, 5.41) is 3.33. The maximum absolute atomic E-state index is 12.8. The highest BCUT2D eigenvalue weighted by Crippen LogP contribution is 2.35. The fraction of sp³-hybridized carbons (Fsp3) is 0.235. The fourth-order valence-electron chi connectivity index (χ4n) is 2.89. The third-order valence-corrected chi connectivity index (χ3v) is 6.64. The van der Waals surface area contributed by atoms with Crippen LogP contribution in [0.2, 0.25) is 5.02 Å². The number of anilines is 1. The van der Waals surface area contributed by atoms with Crippen LogP contribution in [-0.2, 0) is 11.8 Å². The molecular formula is C17H14ClN3O2S2. The minimum atomic E-state index is -0.271. The first-order chi connectivity index (χ1) is 12.1. The number of nitrogens with zero attached hydrogens (tertiary/aromatic N) is 3. The SMILES string of the molecule is Cn1c(SC2CCN(c3ccccc3Cl)C2=O)nc2sccc2c1=O. The van der Waals surface area contributed by atoms with E-state index in [9.17, 15) is 9.59 Å². The largest absolute Gasteiger partial charge is 0.310 e. The lowest BCUT2D eigenvalue weighted by Crippen LogP contribution is -2.29. The molecule has 1 amide bonds. The van der Waals surface area contributed by atoms with E-state index < -0.39 is 0 Å². The second-order valence-corrected chi connectivity index (χ2v) is 8.21. The van der Waals surface area contributed by atoms with Crippen molar-refractivity contribution in [3.8, 4) is 0 Å². The first kappa shape index (κ1) is 16.6. The molecule has 3 aromatic rings. The Morgan fingerprint density at radius 2 is 2.08 bits per heavy atom. The van der Waals surface area contributed by atoms with Crippen molar-refractivity contribution in [3.63, 3.8) is 0 Å². The molecule has 4 rings (SSSR count). The molecule has 1 aliphatic heterocycles. The van der Waals surface area contributed by atoms with Crippen LogP contribution in [0.4, 0.5) is 5.69 Å². The minimum absolute atomic E-state index is 0.00127. The highest BCUT2D eigenvalue weighted by atomic mass is 35.5. The van der Waals surface area contributed by atoms with Crippen molar-refractivity contribution in [1.29, 1.82) is 0 Å². The molecule has 3 heterocycles. The summed E-state index contributed by atoms with van der Waals surface area (Å²) in [7, 11) is 1.69. The molecule has 2 aromatic heterocycles. The van der Waals surface area contributed by atoms with E-state index in [0.717, 1.165) is 5.69 Å². The molecule has 1 atom stereocenters. The highest BCUT2D eigenvalue weighted by molar-refractivity contribution is 8.00. The Morgan fingerprint density at radius 1 is 1.28 bits per heavy atom. The van der Waals surface area contributed by atoms with Gasteiger partial charge in [-0.3, -0.25) is 14.2 Å². The topological polar surface area (TPSA) is 55.2 Å². The summed E-state index contributed by atoms with van der Waals surface area (Å²) in [5.74, 6) is -0.00127. The van der Waals surface area contributed by atoms with Gasteiger partial charge < -0.3 is 4.90 Å². The summed E-state index contributed by atoms with van der Waals surface area (Å²) in [6, 6.07) is 9.11. The molecule has 0 N–H and O–H groups in total. The average molecular weight is 392 g/mol. The first-order valence-corrected chi connectivity index (χ1v) is 9.87. The Morgan fingerprint density at radius 3 is 2.88 bits per heavy atom. The molecule has 1 unspecified atom stereocenters. The predicted octanol–water partition coefficient (Wildman–Crippen LogP) is 3.55.